The molecule has 5 nitrogen and oxygen atoms in total. The fourth-order valence-electron chi connectivity index (χ4n) is 3.37. The molecule has 22 heavy (non-hydrogen) atoms. The van der Waals surface area contributed by atoms with Crippen molar-refractivity contribution in [3.05, 3.63) is 46.0 Å². The highest BCUT2D eigenvalue weighted by atomic mass is 16.6. The van der Waals surface area contributed by atoms with E-state index < -0.39 is 4.92 Å². The largest absolute Gasteiger partial charge is 0.325 e. The molecule has 0 saturated heterocycles. The molecule has 2 aliphatic rings. The first-order valence-corrected chi connectivity index (χ1v) is 7.80. The van der Waals surface area contributed by atoms with Crippen molar-refractivity contribution >= 4 is 17.3 Å². The third-order valence-electron chi connectivity index (χ3n) is 4.74. The van der Waals surface area contributed by atoms with Crippen molar-refractivity contribution in [2.45, 2.75) is 32.6 Å². The smallest absolute Gasteiger partial charge is 0.271 e. The van der Waals surface area contributed by atoms with Crippen LogP contribution in [-0.2, 0) is 4.79 Å². The third-order valence-corrected chi connectivity index (χ3v) is 4.74. The summed E-state index contributed by atoms with van der Waals surface area (Å²) in [5, 5.41) is 13.7. The van der Waals surface area contributed by atoms with Gasteiger partial charge >= 0.3 is 0 Å². The Morgan fingerprint density at radius 3 is 2.95 bits per heavy atom. The van der Waals surface area contributed by atoms with Crippen molar-refractivity contribution in [1.82, 2.24) is 0 Å². The van der Waals surface area contributed by atoms with Crippen LogP contribution in [0.3, 0.4) is 0 Å². The van der Waals surface area contributed by atoms with E-state index in [1.54, 1.807) is 6.07 Å². The highest BCUT2D eigenvalue weighted by Crippen LogP contribution is 2.51. The standard InChI is InChI=1S/C17H20N2O3/c1-11-8-9-12(19(21)22)10-15(11)18-17(20)16-13-6-4-2-3-5-7-14(13)16/h4,6,8-10,13-14,16H,2-3,5,7H2,1H3,(H,18,20)/b6-4-/t13-,14-,16-/m0/s1. The monoisotopic (exact) mass is 300 g/mol. The van der Waals surface area contributed by atoms with E-state index in [9.17, 15) is 14.9 Å². The summed E-state index contributed by atoms with van der Waals surface area (Å²) < 4.78 is 0. The van der Waals surface area contributed by atoms with Gasteiger partial charge in [0.1, 0.15) is 0 Å². The molecule has 116 valence electrons. The molecule has 1 aromatic rings. The molecule has 1 fully saturated rings. The van der Waals surface area contributed by atoms with E-state index in [0.29, 0.717) is 17.5 Å². The van der Waals surface area contributed by atoms with Crippen LogP contribution in [0.2, 0.25) is 0 Å². The van der Waals surface area contributed by atoms with Crippen molar-refractivity contribution in [2.24, 2.45) is 17.8 Å². The van der Waals surface area contributed by atoms with Gasteiger partial charge < -0.3 is 5.32 Å². The Kier molecular flexibility index (Phi) is 3.96. The summed E-state index contributed by atoms with van der Waals surface area (Å²) in [5.74, 6) is 0.799. The van der Waals surface area contributed by atoms with Crippen LogP contribution in [0.25, 0.3) is 0 Å². The van der Waals surface area contributed by atoms with Crippen LogP contribution >= 0.6 is 0 Å². The topological polar surface area (TPSA) is 72.2 Å². The molecule has 0 aliphatic heterocycles. The molecule has 0 spiro atoms. The zero-order chi connectivity index (χ0) is 15.7. The fraction of sp³-hybridized carbons (Fsp3) is 0.471. The van der Waals surface area contributed by atoms with Crippen molar-refractivity contribution < 1.29 is 9.72 Å². The van der Waals surface area contributed by atoms with Crippen molar-refractivity contribution in [1.29, 1.82) is 0 Å². The molecule has 0 bridgehead atoms. The minimum Gasteiger partial charge on any atom is -0.325 e. The molecular weight excluding hydrogens is 280 g/mol. The van der Waals surface area contributed by atoms with Crippen LogP contribution < -0.4 is 5.32 Å². The number of carbonyl (C=O) groups is 1. The lowest BCUT2D eigenvalue weighted by atomic mass is 10.1. The predicted molar refractivity (Wildman–Crippen MR) is 84.5 cm³/mol. The summed E-state index contributed by atoms with van der Waals surface area (Å²) in [6.45, 7) is 1.84. The van der Waals surface area contributed by atoms with Crippen LogP contribution in [0.4, 0.5) is 11.4 Å². The Morgan fingerprint density at radius 1 is 1.36 bits per heavy atom. The van der Waals surface area contributed by atoms with Gasteiger partial charge in [-0.15, -0.1) is 0 Å². The molecule has 0 radical (unpaired) electrons. The van der Waals surface area contributed by atoms with Crippen molar-refractivity contribution in [3.8, 4) is 0 Å². The van der Waals surface area contributed by atoms with Crippen molar-refractivity contribution in [3.63, 3.8) is 0 Å². The van der Waals surface area contributed by atoms with Gasteiger partial charge in [-0.1, -0.05) is 24.6 Å². The van der Waals surface area contributed by atoms with E-state index in [1.807, 2.05) is 6.92 Å². The molecule has 3 rings (SSSR count). The number of amides is 1. The predicted octanol–water partition coefficient (Wildman–Crippen LogP) is 3.83. The molecular formula is C17H20N2O3. The van der Waals surface area contributed by atoms with E-state index in [0.717, 1.165) is 18.4 Å². The SMILES string of the molecule is Cc1ccc([N+](=O)[O-])cc1NC(=O)[C@H]1[C@H]2/C=C\CCCC[C@@H]21. The number of fused-ring (bicyclic) bond motifs is 1. The zero-order valence-electron chi connectivity index (χ0n) is 12.6. The fourth-order valence-corrected chi connectivity index (χ4v) is 3.37. The number of nitro benzene ring substituents is 1. The number of hydrogen-bond donors (Lipinski definition) is 1. The Morgan fingerprint density at radius 2 is 2.18 bits per heavy atom. The van der Waals surface area contributed by atoms with Gasteiger partial charge in [-0.3, -0.25) is 14.9 Å². The average Bonchev–Trinajstić information content (AvgIpc) is 3.12. The van der Waals surface area contributed by atoms with Gasteiger partial charge in [-0.25, -0.2) is 0 Å². The van der Waals surface area contributed by atoms with E-state index in [-0.39, 0.29) is 17.5 Å². The van der Waals surface area contributed by atoms with Gasteiger partial charge in [-0.2, -0.15) is 0 Å². The minimum atomic E-state index is -0.441. The summed E-state index contributed by atoms with van der Waals surface area (Å²) in [6, 6.07) is 4.57. The lowest BCUT2D eigenvalue weighted by Gasteiger charge is -2.08. The lowest BCUT2D eigenvalue weighted by molar-refractivity contribution is -0.384. The summed E-state index contributed by atoms with van der Waals surface area (Å²) in [6.07, 6.45) is 8.92. The summed E-state index contributed by atoms with van der Waals surface area (Å²) in [4.78, 5) is 22.9. The van der Waals surface area contributed by atoms with Gasteiger partial charge in [0.05, 0.1) is 10.6 Å². The molecule has 1 aromatic carbocycles. The number of benzene rings is 1. The first-order valence-electron chi connectivity index (χ1n) is 7.80. The van der Waals surface area contributed by atoms with E-state index in [4.69, 9.17) is 0 Å². The minimum absolute atomic E-state index is 0.00242. The first-order chi connectivity index (χ1) is 10.6. The third kappa shape index (κ3) is 2.89. The first kappa shape index (κ1) is 14.8. The molecule has 5 heteroatoms. The normalized spacial score (nSPS) is 28.0. The van der Waals surface area contributed by atoms with Gasteiger partial charge in [0.15, 0.2) is 0 Å². The molecule has 3 atom stereocenters. The summed E-state index contributed by atoms with van der Waals surface area (Å²) in [7, 11) is 0. The number of hydrogen-bond acceptors (Lipinski definition) is 3. The van der Waals surface area contributed by atoms with E-state index in [1.165, 1.54) is 25.0 Å². The zero-order valence-corrected chi connectivity index (χ0v) is 12.6. The molecule has 0 heterocycles. The van der Waals surface area contributed by atoms with Gasteiger partial charge in [0, 0.05) is 18.1 Å². The second kappa shape index (κ2) is 5.91. The number of rotatable bonds is 3. The second-order valence-corrected chi connectivity index (χ2v) is 6.23. The quantitative estimate of drug-likeness (QED) is 0.524. The van der Waals surface area contributed by atoms with E-state index >= 15 is 0 Å². The van der Waals surface area contributed by atoms with Crippen LogP contribution in [-0.4, -0.2) is 10.8 Å². The van der Waals surface area contributed by atoms with Crippen molar-refractivity contribution in [2.75, 3.05) is 5.32 Å². The molecule has 2 aliphatic carbocycles. The number of anilines is 1. The van der Waals surface area contributed by atoms with Crippen LogP contribution in [0, 0.1) is 34.8 Å². The molecule has 1 amide bonds. The maximum atomic E-state index is 12.5. The Bertz CT molecular complexity index is 639. The molecule has 0 unspecified atom stereocenters. The van der Waals surface area contributed by atoms with Gasteiger partial charge in [0.25, 0.3) is 5.69 Å². The Labute approximate surface area is 129 Å². The van der Waals surface area contributed by atoms with Crippen LogP contribution in [0.15, 0.2) is 30.4 Å². The summed E-state index contributed by atoms with van der Waals surface area (Å²) >= 11 is 0. The lowest BCUT2D eigenvalue weighted by Crippen LogP contribution is -2.16. The molecule has 1 saturated carbocycles. The number of carbonyl (C=O) groups excluding carboxylic acids is 1. The highest BCUT2D eigenvalue weighted by Gasteiger charge is 2.52. The number of non-ortho nitro benzene ring substituents is 1. The van der Waals surface area contributed by atoms with Gasteiger partial charge in [-0.05, 0) is 43.6 Å². The van der Waals surface area contributed by atoms with Crippen LogP contribution in [0.5, 0.6) is 0 Å². The number of nitrogens with zero attached hydrogens (tertiary/aromatic N) is 1. The Hall–Kier alpha value is -2.17. The number of nitro groups is 1. The average molecular weight is 300 g/mol. The Balaban J connectivity index is 1.72. The maximum absolute atomic E-state index is 12.5. The molecule has 1 N–H and O–H groups in total. The second-order valence-electron chi connectivity index (χ2n) is 6.23. The summed E-state index contributed by atoms with van der Waals surface area (Å²) in [5.41, 5.74) is 1.39. The highest BCUT2D eigenvalue weighted by molar-refractivity contribution is 5.96. The maximum Gasteiger partial charge on any atom is 0.271 e. The van der Waals surface area contributed by atoms with Gasteiger partial charge in [0.2, 0.25) is 5.91 Å². The number of allylic oxidation sites excluding steroid dienone is 2. The number of aryl methyl sites for hydroxylation is 1. The van der Waals surface area contributed by atoms with E-state index in [2.05, 4.69) is 17.5 Å². The van der Waals surface area contributed by atoms with Crippen LogP contribution in [0.1, 0.15) is 31.2 Å². The molecule has 0 aromatic heterocycles. The number of nitrogens with one attached hydrogen (secondary N) is 1.